The van der Waals surface area contributed by atoms with Gasteiger partial charge in [-0.15, -0.1) is 0 Å². The van der Waals surface area contributed by atoms with E-state index in [1.807, 2.05) is 18.2 Å². The minimum absolute atomic E-state index is 0.0432. The summed E-state index contributed by atoms with van der Waals surface area (Å²) < 4.78 is 31.2. The van der Waals surface area contributed by atoms with Crippen molar-refractivity contribution in [3.8, 4) is 11.4 Å². The zero-order chi connectivity index (χ0) is 20.9. The molecule has 3 aromatic heterocycles. The zero-order valence-corrected chi connectivity index (χ0v) is 15.4. The van der Waals surface area contributed by atoms with Crippen LogP contribution in [0.25, 0.3) is 11.4 Å². The summed E-state index contributed by atoms with van der Waals surface area (Å²) in [4.78, 5) is 20.0. The Hall–Kier alpha value is -4.15. The van der Waals surface area contributed by atoms with Crippen molar-refractivity contribution in [1.29, 1.82) is 0 Å². The van der Waals surface area contributed by atoms with E-state index < -0.39 is 18.3 Å². The van der Waals surface area contributed by atoms with Crippen LogP contribution in [-0.4, -0.2) is 30.9 Å². The molecule has 2 N–H and O–H groups in total. The van der Waals surface area contributed by atoms with Crippen molar-refractivity contribution in [1.82, 2.24) is 24.9 Å². The van der Waals surface area contributed by atoms with Gasteiger partial charge >= 0.3 is 12.5 Å². The first-order valence-electron chi connectivity index (χ1n) is 8.79. The first-order chi connectivity index (χ1) is 14.6. The van der Waals surface area contributed by atoms with Gasteiger partial charge in [-0.05, 0) is 36.4 Å². The number of hydrogen-bond acceptors (Lipinski definition) is 6. The Morgan fingerprint density at radius 3 is 2.60 bits per heavy atom. The Bertz CT molecular complexity index is 1130. The van der Waals surface area contributed by atoms with E-state index in [1.54, 1.807) is 41.3 Å². The third kappa shape index (κ3) is 4.63. The van der Waals surface area contributed by atoms with E-state index in [2.05, 4.69) is 35.4 Å². The number of halogens is 2. The molecule has 152 valence electrons. The van der Waals surface area contributed by atoms with Gasteiger partial charge in [-0.2, -0.15) is 18.9 Å². The number of pyridine rings is 1. The van der Waals surface area contributed by atoms with Crippen LogP contribution in [0.3, 0.4) is 0 Å². The summed E-state index contributed by atoms with van der Waals surface area (Å²) in [6.07, 6.45) is 2.09. The van der Waals surface area contributed by atoms with Gasteiger partial charge in [0.25, 0.3) is 5.89 Å². The molecule has 0 saturated heterocycles. The topological polar surface area (TPSA) is 111 Å². The molecule has 0 bridgehead atoms. The number of urea groups is 1. The summed E-state index contributed by atoms with van der Waals surface area (Å²) in [6.45, 7) is 0.481. The van der Waals surface area contributed by atoms with Crippen LogP contribution in [0.2, 0.25) is 0 Å². The zero-order valence-electron chi connectivity index (χ0n) is 15.4. The third-order valence-corrected chi connectivity index (χ3v) is 3.97. The number of carbonyl (C=O) groups excluding carboxylic acids is 1. The third-order valence-electron chi connectivity index (χ3n) is 3.97. The van der Waals surface area contributed by atoms with Crippen molar-refractivity contribution in [3.05, 3.63) is 72.6 Å². The molecular formula is C19H15F2N7O2. The van der Waals surface area contributed by atoms with Crippen molar-refractivity contribution in [3.63, 3.8) is 0 Å². The standard InChI is InChI=1S/C19H15F2N7O2/c20-16(21)18-26-17(27-30-18)12-4-6-13(7-5-12)24-19(29)25-15-9-23-28(11-15)10-14-3-1-2-8-22-14/h1-9,11,16H,10H2,(H2,24,25,29). The molecule has 0 aliphatic carbocycles. The van der Waals surface area contributed by atoms with Crippen molar-refractivity contribution in [2.75, 3.05) is 10.6 Å². The fourth-order valence-corrected chi connectivity index (χ4v) is 2.61. The van der Waals surface area contributed by atoms with Gasteiger partial charge in [0.1, 0.15) is 0 Å². The van der Waals surface area contributed by atoms with E-state index in [0.717, 1.165) is 5.69 Å². The summed E-state index contributed by atoms with van der Waals surface area (Å²) in [5.74, 6) is -0.697. The van der Waals surface area contributed by atoms with Crippen LogP contribution in [0.15, 0.2) is 65.6 Å². The molecule has 0 saturated carbocycles. The smallest absolute Gasteiger partial charge is 0.323 e. The lowest BCUT2D eigenvalue weighted by Gasteiger charge is -2.06. The quantitative estimate of drug-likeness (QED) is 0.497. The average molecular weight is 411 g/mol. The van der Waals surface area contributed by atoms with E-state index in [1.165, 1.54) is 6.20 Å². The normalized spacial score (nSPS) is 10.9. The van der Waals surface area contributed by atoms with Gasteiger partial charge in [-0.3, -0.25) is 9.67 Å². The lowest BCUT2D eigenvalue weighted by molar-refractivity contribution is 0.106. The summed E-state index contributed by atoms with van der Waals surface area (Å²) in [5, 5.41) is 13.0. The number of alkyl halides is 2. The molecule has 9 nitrogen and oxygen atoms in total. The van der Waals surface area contributed by atoms with Crippen LogP contribution < -0.4 is 10.6 Å². The molecule has 4 rings (SSSR count). The van der Waals surface area contributed by atoms with Gasteiger partial charge in [0.2, 0.25) is 5.82 Å². The van der Waals surface area contributed by atoms with Crippen molar-refractivity contribution in [2.24, 2.45) is 0 Å². The maximum atomic E-state index is 12.5. The number of benzene rings is 1. The van der Waals surface area contributed by atoms with Gasteiger partial charge < -0.3 is 15.2 Å². The second kappa shape index (κ2) is 8.47. The molecule has 30 heavy (non-hydrogen) atoms. The van der Waals surface area contributed by atoms with Crippen LogP contribution in [0, 0.1) is 0 Å². The molecule has 0 fully saturated rings. The first kappa shape index (κ1) is 19.2. The van der Waals surface area contributed by atoms with Crippen LogP contribution in [0.4, 0.5) is 25.0 Å². The van der Waals surface area contributed by atoms with Gasteiger partial charge in [0, 0.05) is 23.6 Å². The molecule has 0 radical (unpaired) electrons. The predicted molar refractivity (Wildman–Crippen MR) is 103 cm³/mol. The molecule has 3 heterocycles. The summed E-state index contributed by atoms with van der Waals surface area (Å²) in [6, 6.07) is 11.5. The molecule has 4 aromatic rings. The number of amides is 2. The number of rotatable bonds is 6. The SMILES string of the molecule is O=C(Nc1ccc(-c2noc(C(F)F)n2)cc1)Nc1cnn(Cc2ccccn2)c1. The summed E-state index contributed by atoms with van der Waals surface area (Å²) in [5.41, 5.74) is 2.34. The fraction of sp³-hybridized carbons (Fsp3) is 0.105. The Kier molecular flexibility index (Phi) is 5.42. The largest absolute Gasteiger partial charge is 0.333 e. The van der Waals surface area contributed by atoms with Gasteiger partial charge in [0.15, 0.2) is 0 Å². The van der Waals surface area contributed by atoms with Crippen molar-refractivity contribution < 1.29 is 18.1 Å². The molecule has 1 aromatic carbocycles. The lowest BCUT2D eigenvalue weighted by atomic mass is 10.2. The number of nitrogens with zero attached hydrogens (tertiary/aromatic N) is 5. The number of hydrogen-bond donors (Lipinski definition) is 2. The molecule has 0 atom stereocenters. The van der Waals surface area contributed by atoms with E-state index in [4.69, 9.17) is 0 Å². The molecule has 0 spiro atoms. The number of aromatic nitrogens is 5. The second-order valence-electron chi connectivity index (χ2n) is 6.16. The second-order valence-corrected chi connectivity index (χ2v) is 6.16. The van der Waals surface area contributed by atoms with Crippen molar-refractivity contribution >= 4 is 17.4 Å². The Morgan fingerprint density at radius 2 is 1.90 bits per heavy atom. The molecule has 2 amide bonds. The minimum Gasteiger partial charge on any atom is -0.333 e. The van der Waals surface area contributed by atoms with Gasteiger partial charge in [0.05, 0.1) is 24.1 Å². The minimum atomic E-state index is -2.83. The molecular weight excluding hydrogens is 396 g/mol. The maximum Gasteiger partial charge on any atom is 0.323 e. The summed E-state index contributed by atoms with van der Waals surface area (Å²) >= 11 is 0. The average Bonchev–Trinajstić information content (AvgIpc) is 3.39. The van der Waals surface area contributed by atoms with Crippen LogP contribution in [0.1, 0.15) is 18.0 Å². The Morgan fingerprint density at radius 1 is 1.10 bits per heavy atom. The van der Waals surface area contributed by atoms with E-state index in [9.17, 15) is 13.6 Å². The maximum absolute atomic E-state index is 12.5. The van der Waals surface area contributed by atoms with Crippen LogP contribution >= 0.6 is 0 Å². The van der Waals surface area contributed by atoms with Gasteiger partial charge in [-0.1, -0.05) is 11.2 Å². The number of carbonyl (C=O) groups is 1. The predicted octanol–water partition coefficient (Wildman–Crippen LogP) is 3.96. The Balaban J connectivity index is 1.34. The molecule has 11 heteroatoms. The highest BCUT2D eigenvalue weighted by Crippen LogP contribution is 2.22. The molecule has 0 aliphatic heterocycles. The van der Waals surface area contributed by atoms with Crippen LogP contribution in [0.5, 0.6) is 0 Å². The van der Waals surface area contributed by atoms with E-state index >= 15 is 0 Å². The number of anilines is 2. The highest BCUT2D eigenvalue weighted by Gasteiger charge is 2.17. The highest BCUT2D eigenvalue weighted by atomic mass is 19.3. The van der Waals surface area contributed by atoms with E-state index in [-0.39, 0.29) is 5.82 Å². The van der Waals surface area contributed by atoms with Crippen LogP contribution in [-0.2, 0) is 6.54 Å². The molecule has 0 aliphatic rings. The summed E-state index contributed by atoms with van der Waals surface area (Å²) in [7, 11) is 0. The highest BCUT2D eigenvalue weighted by molar-refractivity contribution is 5.99. The first-order valence-corrected chi connectivity index (χ1v) is 8.79. The lowest BCUT2D eigenvalue weighted by Crippen LogP contribution is -2.19. The Labute approximate surface area is 168 Å². The van der Waals surface area contributed by atoms with Crippen molar-refractivity contribution in [2.45, 2.75) is 13.0 Å². The van der Waals surface area contributed by atoms with E-state index in [0.29, 0.717) is 23.5 Å². The molecule has 0 unspecified atom stereocenters. The number of nitrogens with one attached hydrogen (secondary N) is 2. The van der Waals surface area contributed by atoms with Gasteiger partial charge in [-0.25, -0.2) is 4.79 Å². The fourth-order valence-electron chi connectivity index (χ4n) is 2.61. The monoisotopic (exact) mass is 411 g/mol.